The van der Waals surface area contributed by atoms with E-state index in [1.165, 1.54) is 5.56 Å². The van der Waals surface area contributed by atoms with E-state index in [-0.39, 0.29) is 5.91 Å². The molecule has 20 heavy (non-hydrogen) atoms. The molecule has 0 radical (unpaired) electrons. The lowest BCUT2D eigenvalue weighted by Crippen LogP contribution is -2.32. The lowest BCUT2D eigenvalue weighted by Gasteiger charge is -2.20. The van der Waals surface area contributed by atoms with E-state index < -0.39 is 0 Å². The maximum Gasteiger partial charge on any atom is 0.219 e. The molecule has 2 heterocycles. The Bertz CT molecular complexity index is 472. The van der Waals surface area contributed by atoms with Crippen LogP contribution in [0.15, 0.2) is 24.3 Å². The number of carbonyl (C=O) groups is 1. The van der Waals surface area contributed by atoms with Gasteiger partial charge in [0, 0.05) is 39.6 Å². The summed E-state index contributed by atoms with van der Waals surface area (Å²) >= 11 is 0. The quantitative estimate of drug-likeness (QED) is 0.904. The predicted molar refractivity (Wildman–Crippen MR) is 77.5 cm³/mol. The molecular weight excluding hydrogens is 252 g/mol. The van der Waals surface area contributed by atoms with E-state index >= 15 is 0 Å². The number of benzene rings is 1. The minimum absolute atomic E-state index is 0.218. The number of aromatic hydroxyl groups is 1. The molecule has 0 spiro atoms. The third-order valence-electron chi connectivity index (χ3n) is 4.66. The Morgan fingerprint density at radius 2 is 1.75 bits per heavy atom. The van der Waals surface area contributed by atoms with Gasteiger partial charge in [-0.05, 0) is 36.0 Å². The largest absolute Gasteiger partial charge is 0.508 e. The van der Waals surface area contributed by atoms with Crippen molar-refractivity contribution in [2.45, 2.75) is 13.3 Å². The van der Waals surface area contributed by atoms with Gasteiger partial charge in [-0.15, -0.1) is 0 Å². The number of likely N-dealkylation sites (tertiary alicyclic amines) is 2. The summed E-state index contributed by atoms with van der Waals surface area (Å²) in [5, 5.41) is 9.27. The van der Waals surface area contributed by atoms with Crippen LogP contribution < -0.4 is 0 Å². The van der Waals surface area contributed by atoms with Gasteiger partial charge in [0.15, 0.2) is 0 Å². The molecule has 1 N–H and O–H groups in total. The highest BCUT2D eigenvalue weighted by Gasteiger charge is 2.40. The van der Waals surface area contributed by atoms with Gasteiger partial charge < -0.3 is 14.9 Å². The van der Waals surface area contributed by atoms with E-state index in [0.29, 0.717) is 17.6 Å². The molecule has 2 saturated heterocycles. The highest BCUT2D eigenvalue weighted by atomic mass is 16.3. The smallest absolute Gasteiger partial charge is 0.219 e. The highest BCUT2D eigenvalue weighted by Crippen LogP contribution is 2.31. The van der Waals surface area contributed by atoms with Crippen molar-refractivity contribution < 1.29 is 9.90 Å². The molecule has 0 saturated carbocycles. The van der Waals surface area contributed by atoms with Gasteiger partial charge >= 0.3 is 0 Å². The van der Waals surface area contributed by atoms with Gasteiger partial charge in [0.2, 0.25) is 5.91 Å². The van der Waals surface area contributed by atoms with Crippen LogP contribution in [0.1, 0.15) is 12.5 Å². The van der Waals surface area contributed by atoms with Gasteiger partial charge in [-0.25, -0.2) is 0 Å². The van der Waals surface area contributed by atoms with Crippen LogP contribution >= 0.6 is 0 Å². The van der Waals surface area contributed by atoms with Gasteiger partial charge in [0.05, 0.1) is 0 Å². The second-order valence-electron chi connectivity index (χ2n) is 6.12. The normalized spacial score (nSPS) is 25.9. The van der Waals surface area contributed by atoms with Crippen molar-refractivity contribution in [2.24, 2.45) is 11.8 Å². The fourth-order valence-electron chi connectivity index (χ4n) is 3.48. The predicted octanol–water partition coefficient (Wildman–Crippen LogP) is 1.34. The van der Waals surface area contributed by atoms with Crippen LogP contribution in [0, 0.1) is 11.8 Å². The Morgan fingerprint density at radius 1 is 1.15 bits per heavy atom. The van der Waals surface area contributed by atoms with Crippen LogP contribution in [-0.2, 0) is 11.2 Å². The molecule has 1 aromatic carbocycles. The molecule has 0 aliphatic carbocycles. The number of rotatable bonds is 3. The molecule has 3 rings (SSSR count). The summed E-state index contributed by atoms with van der Waals surface area (Å²) in [6.07, 6.45) is 1.02. The maximum absolute atomic E-state index is 11.4. The molecule has 2 fully saturated rings. The number of phenols is 1. The van der Waals surface area contributed by atoms with Crippen LogP contribution in [-0.4, -0.2) is 53.5 Å². The molecule has 0 aromatic heterocycles. The van der Waals surface area contributed by atoms with Crippen molar-refractivity contribution in [1.29, 1.82) is 0 Å². The molecule has 2 unspecified atom stereocenters. The summed E-state index contributed by atoms with van der Waals surface area (Å²) in [4.78, 5) is 15.9. The molecule has 4 heteroatoms. The molecule has 108 valence electrons. The average Bonchev–Trinajstić information content (AvgIpc) is 2.96. The number of carbonyl (C=O) groups excluding carboxylic acids is 1. The Labute approximate surface area is 120 Å². The molecule has 2 aliphatic rings. The van der Waals surface area contributed by atoms with E-state index in [0.717, 1.165) is 39.1 Å². The van der Waals surface area contributed by atoms with Gasteiger partial charge in [-0.1, -0.05) is 12.1 Å². The van der Waals surface area contributed by atoms with Crippen molar-refractivity contribution >= 4 is 5.91 Å². The fraction of sp³-hybridized carbons (Fsp3) is 0.562. The number of fused-ring (bicyclic) bond motifs is 1. The van der Waals surface area contributed by atoms with Gasteiger partial charge in [0.25, 0.3) is 0 Å². The van der Waals surface area contributed by atoms with Gasteiger partial charge in [0.1, 0.15) is 5.75 Å². The first kappa shape index (κ1) is 13.4. The maximum atomic E-state index is 11.4. The number of hydrogen-bond donors (Lipinski definition) is 1. The highest BCUT2D eigenvalue weighted by molar-refractivity contribution is 5.73. The summed E-state index contributed by atoms with van der Waals surface area (Å²) in [6.45, 7) is 6.85. The topological polar surface area (TPSA) is 43.8 Å². The Balaban J connectivity index is 1.48. The van der Waals surface area contributed by atoms with Crippen molar-refractivity contribution in [3.05, 3.63) is 29.8 Å². The van der Waals surface area contributed by atoms with E-state index in [2.05, 4.69) is 4.90 Å². The average molecular weight is 274 g/mol. The van der Waals surface area contributed by atoms with Crippen molar-refractivity contribution in [2.75, 3.05) is 32.7 Å². The third-order valence-corrected chi connectivity index (χ3v) is 4.66. The van der Waals surface area contributed by atoms with Crippen LogP contribution in [0.25, 0.3) is 0 Å². The first-order valence-electron chi connectivity index (χ1n) is 7.37. The first-order chi connectivity index (χ1) is 9.61. The fourth-order valence-corrected chi connectivity index (χ4v) is 3.48. The van der Waals surface area contributed by atoms with Crippen molar-refractivity contribution in [1.82, 2.24) is 9.80 Å². The standard InChI is InChI=1S/C16H22N2O2/c1-12(19)18-10-14-8-17(9-15(14)11-18)7-6-13-2-4-16(20)5-3-13/h2-5,14-15,20H,6-11H2,1H3. The van der Waals surface area contributed by atoms with E-state index in [4.69, 9.17) is 0 Å². The minimum Gasteiger partial charge on any atom is -0.508 e. The summed E-state index contributed by atoms with van der Waals surface area (Å²) < 4.78 is 0. The summed E-state index contributed by atoms with van der Waals surface area (Å²) in [7, 11) is 0. The van der Waals surface area contributed by atoms with Crippen LogP contribution in [0.2, 0.25) is 0 Å². The van der Waals surface area contributed by atoms with Crippen LogP contribution in [0.5, 0.6) is 5.75 Å². The Hall–Kier alpha value is -1.55. The molecule has 4 nitrogen and oxygen atoms in total. The summed E-state index contributed by atoms with van der Waals surface area (Å²) in [6, 6.07) is 7.48. The SMILES string of the molecule is CC(=O)N1CC2CN(CCc3ccc(O)cc3)CC2C1. The van der Waals surface area contributed by atoms with Gasteiger partial charge in [-0.2, -0.15) is 0 Å². The molecule has 1 amide bonds. The van der Waals surface area contributed by atoms with E-state index in [9.17, 15) is 9.90 Å². The minimum atomic E-state index is 0.218. The van der Waals surface area contributed by atoms with Crippen molar-refractivity contribution in [3.63, 3.8) is 0 Å². The van der Waals surface area contributed by atoms with Gasteiger partial charge in [-0.3, -0.25) is 4.79 Å². The lowest BCUT2D eigenvalue weighted by molar-refractivity contribution is -0.128. The number of hydrogen-bond acceptors (Lipinski definition) is 3. The molecule has 2 atom stereocenters. The zero-order valence-corrected chi connectivity index (χ0v) is 12.0. The second-order valence-corrected chi connectivity index (χ2v) is 6.12. The van der Waals surface area contributed by atoms with Crippen LogP contribution in [0.3, 0.4) is 0 Å². The molecule has 2 aliphatic heterocycles. The zero-order valence-electron chi connectivity index (χ0n) is 12.0. The Morgan fingerprint density at radius 3 is 2.30 bits per heavy atom. The van der Waals surface area contributed by atoms with E-state index in [1.54, 1.807) is 19.1 Å². The second kappa shape index (κ2) is 5.44. The molecular formula is C16H22N2O2. The monoisotopic (exact) mass is 274 g/mol. The van der Waals surface area contributed by atoms with Crippen molar-refractivity contribution in [3.8, 4) is 5.75 Å². The third kappa shape index (κ3) is 2.80. The summed E-state index contributed by atoms with van der Waals surface area (Å²) in [5.74, 6) is 1.88. The number of nitrogens with zero attached hydrogens (tertiary/aromatic N) is 2. The zero-order chi connectivity index (χ0) is 14.1. The number of phenolic OH excluding ortho intramolecular Hbond substituents is 1. The Kier molecular flexibility index (Phi) is 3.66. The first-order valence-corrected chi connectivity index (χ1v) is 7.37. The molecule has 0 bridgehead atoms. The number of amides is 1. The summed E-state index contributed by atoms with van der Waals surface area (Å²) in [5.41, 5.74) is 1.27. The van der Waals surface area contributed by atoms with Crippen LogP contribution in [0.4, 0.5) is 0 Å². The lowest BCUT2D eigenvalue weighted by atomic mass is 10.0. The van der Waals surface area contributed by atoms with E-state index in [1.807, 2.05) is 17.0 Å². The molecule has 1 aromatic rings.